The molecule has 0 saturated heterocycles. The molecule has 0 saturated carbocycles. The lowest BCUT2D eigenvalue weighted by molar-refractivity contribution is 0.306. The van der Waals surface area contributed by atoms with Crippen LogP contribution in [0.25, 0.3) is 10.6 Å². The number of nitrogens with zero attached hydrogens (tertiary/aromatic N) is 1. The highest BCUT2D eigenvalue weighted by atomic mass is 32.1. The number of rotatable bonds is 4. The van der Waals surface area contributed by atoms with E-state index in [4.69, 9.17) is 4.74 Å². The Morgan fingerprint density at radius 2 is 1.89 bits per heavy atom. The largest absolute Gasteiger partial charge is 0.489 e. The van der Waals surface area contributed by atoms with Gasteiger partial charge in [0.2, 0.25) is 0 Å². The maximum atomic E-state index is 5.81. The van der Waals surface area contributed by atoms with E-state index < -0.39 is 0 Å². The van der Waals surface area contributed by atoms with Crippen molar-refractivity contribution in [3.8, 4) is 16.3 Å². The van der Waals surface area contributed by atoms with Gasteiger partial charge >= 0.3 is 0 Å². The Labute approximate surface area is 116 Å². The summed E-state index contributed by atoms with van der Waals surface area (Å²) in [5.41, 5.74) is 2.27. The molecule has 0 unspecified atom stereocenters. The van der Waals surface area contributed by atoms with Gasteiger partial charge in [-0.15, -0.1) is 11.3 Å². The van der Waals surface area contributed by atoms with Crippen LogP contribution in [0, 0.1) is 0 Å². The maximum Gasteiger partial charge on any atom is 0.123 e. The van der Waals surface area contributed by atoms with Gasteiger partial charge in [0.05, 0.1) is 0 Å². The van der Waals surface area contributed by atoms with Crippen LogP contribution in [0.3, 0.4) is 0 Å². The van der Waals surface area contributed by atoms with Crippen LogP contribution >= 0.6 is 11.3 Å². The van der Waals surface area contributed by atoms with Crippen LogP contribution in [-0.4, -0.2) is 4.98 Å². The summed E-state index contributed by atoms with van der Waals surface area (Å²) in [7, 11) is 0. The minimum Gasteiger partial charge on any atom is -0.489 e. The average molecular weight is 267 g/mol. The standard InChI is InChI=1S/C16H13NOS/c1-2-5-13(6-3-1)12-18-15-8-4-7-14(11-15)16-17-9-10-19-16/h1-11H,12H2. The van der Waals surface area contributed by atoms with Crippen molar-refractivity contribution in [1.29, 1.82) is 0 Å². The molecule has 1 heterocycles. The van der Waals surface area contributed by atoms with E-state index in [9.17, 15) is 0 Å². The Kier molecular flexibility index (Phi) is 3.56. The second-order valence-electron chi connectivity index (χ2n) is 4.14. The lowest BCUT2D eigenvalue weighted by Gasteiger charge is -2.07. The molecule has 0 atom stereocenters. The first-order valence-corrected chi connectivity index (χ1v) is 6.96. The monoisotopic (exact) mass is 267 g/mol. The number of benzene rings is 2. The van der Waals surface area contributed by atoms with Gasteiger partial charge in [0.15, 0.2) is 0 Å². The van der Waals surface area contributed by atoms with Crippen LogP contribution in [0.5, 0.6) is 5.75 Å². The highest BCUT2D eigenvalue weighted by molar-refractivity contribution is 7.13. The molecule has 0 amide bonds. The van der Waals surface area contributed by atoms with Crippen LogP contribution in [0.4, 0.5) is 0 Å². The Balaban J connectivity index is 1.74. The van der Waals surface area contributed by atoms with E-state index in [2.05, 4.69) is 17.1 Å². The van der Waals surface area contributed by atoms with Gasteiger partial charge in [-0.1, -0.05) is 42.5 Å². The number of hydrogen-bond donors (Lipinski definition) is 0. The molecule has 2 aromatic carbocycles. The molecule has 3 aromatic rings. The highest BCUT2D eigenvalue weighted by Gasteiger charge is 2.02. The third kappa shape index (κ3) is 3.01. The average Bonchev–Trinajstić information content (AvgIpc) is 3.01. The van der Waals surface area contributed by atoms with Gasteiger partial charge in [0.1, 0.15) is 17.4 Å². The first kappa shape index (κ1) is 11.9. The van der Waals surface area contributed by atoms with Crippen molar-refractivity contribution in [2.75, 3.05) is 0 Å². The molecular weight excluding hydrogens is 254 g/mol. The van der Waals surface area contributed by atoms with Crippen LogP contribution in [0.2, 0.25) is 0 Å². The molecule has 0 fully saturated rings. The molecule has 94 valence electrons. The fraction of sp³-hybridized carbons (Fsp3) is 0.0625. The Morgan fingerprint density at radius 3 is 2.68 bits per heavy atom. The Morgan fingerprint density at radius 1 is 1.00 bits per heavy atom. The molecule has 1 aromatic heterocycles. The maximum absolute atomic E-state index is 5.81. The summed E-state index contributed by atoms with van der Waals surface area (Å²) in [6.07, 6.45) is 1.82. The molecule has 0 bridgehead atoms. The summed E-state index contributed by atoms with van der Waals surface area (Å²) >= 11 is 1.63. The van der Waals surface area contributed by atoms with Crippen molar-refractivity contribution in [3.05, 3.63) is 71.7 Å². The highest BCUT2D eigenvalue weighted by Crippen LogP contribution is 2.25. The summed E-state index contributed by atoms with van der Waals surface area (Å²) in [6, 6.07) is 18.2. The van der Waals surface area contributed by atoms with Gasteiger partial charge in [-0.25, -0.2) is 4.98 Å². The zero-order chi connectivity index (χ0) is 12.9. The predicted molar refractivity (Wildman–Crippen MR) is 78.3 cm³/mol. The first-order valence-electron chi connectivity index (χ1n) is 6.08. The SMILES string of the molecule is c1ccc(COc2cccc(-c3nccs3)c2)cc1. The molecule has 19 heavy (non-hydrogen) atoms. The van der Waals surface area contributed by atoms with Gasteiger partial charge in [-0.3, -0.25) is 0 Å². The van der Waals surface area contributed by atoms with E-state index in [1.807, 2.05) is 54.0 Å². The third-order valence-electron chi connectivity index (χ3n) is 2.76. The summed E-state index contributed by atoms with van der Waals surface area (Å²) in [5, 5.41) is 3.00. The van der Waals surface area contributed by atoms with Crippen molar-refractivity contribution in [1.82, 2.24) is 4.98 Å². The Hall–Kier alpha value is -2.13. The van der Waals surface area contributed by atoms with E-state index in [0.717, 1.165) is 16.3 Å². The first-order chi connectivity index (χ1) is 9.42. The van der Waals surface area contributed by atoms with Gasteiger partial charge in [0, 0.05) is 17.1 Å². The van der Waals surface area contributed by atoms with Gasteiger partial charge < -0.3 is 4.74 Å². The van der Waals surface area contributed by atoms with Crippen molar-refractivity contribution >= 4 is 11.3 Å². The number of thiazole rings is 1. The van der Waals surface area contributed by atoms with Crippen LogP contribution in [0.1, 0.15) is 5.56 Å². The van der Waals surface area contributed by atoms with Crippen molar-refractivity contribution in [2.24, 2.45) is 0 Å². The molecule has 0 aliphatic carbocycles. The van der Waals surface area contributed by atoms with Crippen LogP contribution in [0.15, 0.2) is 66.2 Å². The minimum atomic E-state index is 0.585. The zero-order valence-electron chi connectivity index (χ0n) is 10.3. The van der Waals surface area contributed by atoms with Gasteiger partial charge in [0.25, 0.3) is 0 Å². The lowest BCUT2D eigenvalue weighted by atomic mass is 10.2. The van der Waals surface area contributed by atoms with Crippen molar-refractivity contribution in [2.45, 2.75) is 6.61 Å². The molecule has 3 rings (SSSR count). The molecule has 0 spiro atoms. The summed E-state index contributed by atoms with van der Waals surface area (Å²) in [4.78, 5) is 4.31. The normalized spacial score (nSPS) is 10.3. The predicted octanol–water partition coefficient (Wildman–Crippen LogP) is 4.39. The summed E-state index contributed by atoms with van der Waals surface area (Å²) < 4.78 is 5.81. The van der Waals surface area contributed by atoms with E-state index in [1.165, 1.54) is 5.56 Å². The number of hydrogen-bond acceptors (Lipinski definition) is 3. The van der Waals surface area contributed by atoms with Gasteiger partial charge in [-0.05, 0) is 17.7 Å². The van der Waals surface area contributed by atoms with Crippen LogP contribution < -0.4 is 4.74 Å². The molecular formula is C16H13NOS. The zero-order valence-corrected chi connectivity index (χ0v) is 11.1. The summed E-state index contributed by atoms with van der Waals surface area (Å²) in [5.74, 6) is 0.872. The molecule has 0 radical (unpaired) electrons. The molecule has 0 N–H and O–H groups in total. The van der Waals surface area contributed by atoms with Crippen LogP contribution in [-0.2, 0) is 6.61 Å². The third-order valence-corrected chi connectivity index (χ3v) is 3.58. The fourth-order valence-corrected chi connectivity index (χ4v) is 2.46. The second-order valence-corrected chi connectivity index (χ2v) is 5.03. The molecule has 2 nitrogen and oxygen atoms in total. The molecule has 0 aliphatic rings. The number of aromatic nitrogens is 1. The molecule has 3 heteroatoms. The smallest absolute Gasteiger partial charge is 0.123 e. The second kappa shape index (κ2) is 5.67. The lowest BCUT2D eigenvalue weighted by Crippen LogP contribution is -1.94. The van der Waals surface area contributed by atoms with E-state index in [0.29, 0.717) is 6.61 Å². The van der Waals surface area contributed by atoms with E-state index >= 15 is 0 Å². The van der Waals surface area contributed by atoms with Gasteiger partial charge in [-0.2, -0.15) is 0 Å². The fourth-order valence-electron chi connectivity index (χ4n) is 1.83. The molecule has 0 aliphatic heterocycles. The Bertz CT molecular complexity index is 635. The topological polar surface area (TPSA) is 22.1 Å². The van der Waals surface area contributed by atoms with E-state index in [-0.39, 0.29) is 0 Å². The van der Waals surface area contributed by atoms with Crippen molar-refractivity contribution < 1.29 is 4.74 Å². The quantitative estimate of drug-likeness (QED) is 0.699. The van der Waals surface area contributed by atoms with Crippen molar-refractivity contribution in [3.63, 3.8) is 0 Å². The minimum absolute atomic E-state index is 0.585. The van der Waals surface area contributed by atoms with E-state index in [1.54, 1.807) is 11.3 Å². The summed E-state index contributed by atoms with van der Waals surface area (Å²) in [6.45, 7) is 0.585. The number of ether oxygens (including phenoxy) is 1.